The van der Waals surface area contributed by atoms with Crippen LogP contribution in [-0.2, 0) is 0 Å². The van der Waals surface area contributed by atoms with Crippen LogP contribution in [0.3, 0.4) is 0 Å². The Morgan fingerprint density at radius 3 is 2.79 bits per heavy atom. The molecular formula is C11H17NO2. The third kappa shape index (κ3) is 2.72. The molecule has 0 amide bonds. The molecule has 0 saturated heterocycles. The van der Waals surface area contributed by atoms with Crippen molar-refractivity contribution in [3.8, 4) is 5.75 Å². The predicted molar refractivity (Wildman–Crippen MR) is 56.2 cm³/mol. The van der Waals surface area contributed by atoms with E-state index < -0.39 is 6.10 Å². The highest BCUT2D eigenvalue weighted by Gasteiger charge is 2.12. The Kier molecular flexibility index (Phi) is 3.92. The summed E-state index contributed by atoms with van der Waals surface area (Å²) in [7, 11) is 0. The fourth-order valence-corrected chi connectivity index (χ4v) is 1.26. The van der Waals surface area contributed by atoms with Crippen molar-refractivity contribution in [2.75, 3.05) is 6.61 Å². The van der Waals surface area contributed by atoms with Gasteiger partial charge in [0.2, 0.25) is 0 Å². The molecule has 3 N–H and O–H groups in total. The molecule has 78 valence electrons. The van der Waals surface area contributed by atoms with Crippen molar-refractivity contribution in [3.63, 3.8) is 0 Å². The van der Waals surface area contributed by atoms with Crippen LogP contribution in [0.5, 0.6) is 5.75 Å². The first kappa shape index (κ1) is 11.0. The topological polar surface area (TPSA) is 55.5 Å². The summed E-state index contributed by atoms with van der Waals surface area (Å²) in [5, 5.41) is 9.71. The lowest BCUT2D eigenvalue weighted by atomic mass is 10.0. The van der Waals surface area contributed by atoms with E-state index in [2.05, 4.69) is 0 Å². The van der Waals surface area contributed by atoms with Gasteiger partial charge in [0.15, 0.2) is 0 Å². The van der Waals surface area contributed by atoms with Crippen LogP contribution in [-0.4, -0.2) is 17.8 Å². The fraction of sp³-hybridized carbons (Fsp3) is 0.455. The summed E-state index contributed by atoms with van der Waals surface area (Å²) >= 11 is 0. The molecule has 0 saturated carbocycles. The fourth-order valence-electron chi connectivity index (χ4n) is 1.26. The van der Waals surface area contributed by atoms with Crippen molar-refractivity contribution in [2.24, 2.45) is 5.73 Å². The monoisotopic (exact) mass is 195 g/mol. The number of nitrogens with two attached hydrogens (primary N) is 1. The summed E-state index contributed by atoms with van der Waals surface area (Å²) in [5.74, 6) is 0.768. The molecule has 0 bridgehead atoms. The summed E-state index contributed by atoms with van der Waals surface area (Å²) in [6, 6.07) is 7.10. The quantitative estimate of drug-likeness (QED) is 0.764. The lowest BCUT2D eigenvalue weighted by molar-refractivity contribution is 0.153. The van der Waals surface area contributed by atoms with Gasteiger partial charge in [-0.25, -0.2) is 0 Å². The molecule has 0 aliphatic carbocycles. The molecule has 1 aromatic rings. The van der Waals surface area contributed by atoms with Crippen LogP contribution < -0.4 is 10.5 Å². The number of rotatable bonds is 4. The molecule has 3 heteroatoms. The maximum atomic E-state index is 9.71. The van der Waals surface area contributed by atoms with E-state index in [0.29, 0.717) is 6.61 Å². The number of hydrogen-bond acceptors (Lipinski definition) is 3. The Hall–Kier alpha value is -1.06. The van der Waals surface area contributed by atoms with Gasteiger partial charge in [0, 0.05) is 6.04 Å². The van der Waals surface area contributed by atoms with E-state index in [4.69, 9.17) is 10.5 Å². The van der Waals surface area contributed by atoms with E-state index >= 15 is 0 Å². The van der Waals surface area contributed by atoms with Gasteiger partial charge in [-0.05, 0) is 31.5 Å². The lowest BCUT2D eigenvalue weighted by Crippen LogP contribution is -2.24. The zero-order valence-electron chi connectivity index (χ0n) is 8.60. The second-order valence-corrected chi connectivity index (χ2v) is 3.31. The Balaban J connectivity index is 2.82. The van der Waals surface area contributed by atoms with Crippen molar-refractivity contribution in [1.29, 1.82) is 0 Å². The third-order valence-corrected chi connectivity index (χ3v) is 2.01. The molecule has 0 spiro atoms. The Morgan fingerprint density at radius 1 is 1.50 bits per heavy atom. The smallest absolute Gasteiger partial charge is 0.119 e. The molecule has 0 radical (unpaired) electrons. The van der Waals surface area contributed by atoms with Gasteiger partial charge in [-0.1, -0.05) is 12.1 Å². The minimum atomic E-state index is -0.629. The van der Waals surface area contributed by atoms with Crippen molar-refractivity contribution >= 4 is 0 Å². The van der Waals surface area contributed by atoms with E-state index in [-0.39, 0.29) is 6.04 Å². The Labute approximate surface area is 84.5 Å². The first-order chi connectivity index (χ1) is 6.65. The average molecular weight is 195 g/mol. The summed E-state index contributed by atoms with van der Waals surface area (Å²) in [5.41, 5.74) is 6.40. The molecule has 1 aromatic carbocycles. The summed E-state index contributed by atoms with van der Waals surface area (Å²) in [6.07, 6.45) is -0.629. The van der Waals surface area contributed by atoms with E-state index in [1.54, 1.807) is 6.92 Å². The van der Waals surface area contributed by atoms with Crippen LogP contribution in [0.2, 0.25) is 0 Å². The number of hydrogen-bond donors (Lipinski definition) is 2. The number of ether oxygens (including phenoxy) is 1. The molecule has 3 nitrogen and oxygen atoms in total. The highest BCUT2D eigenvalue weighted by atomic mass is 16.5. The van der Waals surface area contributed by atoms with Gasteiger partial charge in [-0.15, -0.1) is 0 Å². The van der Waals surface area contributed by atoms with Crippen LogP contribution in [0, 0.1) is 0 Å². The number of aliphatic hydroxyl groups excluding tert-OH is 1. The van der Waals surface area contributed by atoms with E-state index in [0.717, 1.165) is 11.3 Å². The average Bonchev–Trinajstić information content (AvgIpc) is 2.17. The molecule has 0 aliphatic heterocycles. The number of aliphatic hydroxyl groups is 1. The van der Waals surface area contributed by atoms with E-state index in [1.165, 1.54) is 0 Å². The molecule has 0 fully saturated rings. The molecule has 0 aromatic heterocycles. The van der Waals surface area contributed by atoms with Crippen molar-refractivity contribution in [1.82, 2.24) is 0 Å². The highest BCUT2D eigenvalue weighted by Crippen LogP contribution is 2.20. The van der Waals surface area contributed by atoms with Gasteiger partial charge >= 0.3 is 0 Å². The van der Waals surface area contributed by atoms with Gasteiger partial charge in [-0.2, -0.15) is 0 Å². The van der Waals surface area contributed by atoms with Crippen LogP contribution in [0.15, 0.2) is 24.3 Å². The first-order valence-electron chi connectivity index (χ1n) is 4.81. The van der Waals surface area contributed by atoms with Gasteiger partial charge < -0.3 is 15.6 Å². The summed E-state index contributed by atoms with van der Waals surface area (Å²) in [6.45, 7) is 4.32. The second-order valence-electron chi connectivity index (χ2n) is 3.31. The van der Waals surface area contributed by atoms with E-state index in [1.807, 2.05) is 31.2 Å². The predicted octanol–water partition coefficient (Wildman–Crippen LogP) is 1.47. The largest absolute Gasteiger partial charge is 0.494 e. The van der Waals surface area contributed by atoms with Gasteiger partial charge in [0.25, 0.3) is 0 Å². The molecule has 2 atom stereocenters. The summed E-state index contributed by atoms with van der Waals surface area (Å²) in [4.78, 5) is 0. The molecule has 0 aliphatic rings. The van der Waals surface area contributed by atoms with Crippen molar-refractivity contribution in [3.05, 3.63) is 29.8 Å². The van der Waals surface area contributed by atoms with Crippen molar-refractivity contribution < 1.29 is 9.84 Å². The SMILES string of the molecule is CCOc1cccc([C@@H](O)[C@H](C)N)c1. The van der Waals surface area contributed by atoms with Gasteiger partial charge in [0.05, 0.1) is 12.7 Å². The normalized spacial score (nSPS) is 14.9. The maximum Gasteiger partial charge on any atom is 0.119 e. The third-order valence-electron chi connectivity index (χ3n) is 2.01. The zero-order valence-corrected chi connectivity index (χ0v) is 8.60. The first-order valence-corrected chi connectivity index (χ1v) is 4.81. The molecule has 0 heterocycles. The minimum Gasteiger partial charge on any atom is -0.494 e. The Morgan fingerprint density at radius 2 is 2.21 bits per heavy atom. The molecule has 0 unspecified atom stereocenters. The van der Waals surface area contributed by atoms with Crippen LogP contribution >= 0.6 is 0 Å². The lowest BCUT2D eigenvalue weighted by Gasteiger charge is -2.15. The molecular weight excluding hydrogens is 178 g/mol. The molecule has 14 heavy (non-hydrogen) atoms. The van der Waals surface area contributed by atoms with Crippen LogP contribution in [0.25, 0.3) is 0 Å². The minimum absolute atomic E-state index is 0.271. The highest BCUT2D eigenvalue weighted by molar-refractivity contribution is 5.30. The maximum absolute atomic E-state index is 9.71. The zero-order chi connectivity index (χ0) is 10.6. The second kappa shape index (κ2) is 4.98. The Bertz CT molecular complexity index is 286. The number of benzene rings is 1. The van der Waals surface area contributed by atoms with Gasteiger partial charge in [-0.3, -0.25) is 0 Å². The van der Waals surface area contributed by atoms with Crippen LogP contribution in [0.4, 0.5) is 0 Å². The van der Waals surface area contributed by atoms with Gasteiger partial charge in [0.1, 0.15) is 5.75 Å². The molecule has 1 rings (SSSR count). The summed E-state index contributed by atoms with van der Waals surface area (Å²) < 4.78 is 5.32. The van der Waals surface area contributed by atoms with Crippen molar-refractivity contribution in [2.45, 2.75) is 26.0 Å². The van der Waals surface area contributed by atoms with E-state index in [9.17, 15) is 5.11 Å². The van der Waals surface area contributed by atoms with Crippen LogP contribution in [0.1, 0.15) is 25.5 Å². The standard InChI is InChI=1S/C11H17NO2/c1-3-14-10-6-4-5-9(7-10)11(13)8(2)12/h4-8,11,13H,3,12H2,1-2H3/t8-,11-/m0/s1.